The standard InChI is InChI=1S/C25H17F2IN4O3/c1-34-22-10-14(8-15(12-29)25-31-20-7-4-17(27)11-21(20)32-25)9-19(28)24(22)35-13-23(33)30-18-5-2-16(26)3-6-18/h2-11H,13H2,1H3,(H,30,33)(H,31,32)/b15-8-. The van der Waals surface area contributed by atoms with E-state index in [1.807, 2.05) is 22.6 Å². The third-order valence-corrected chi connectivity index (χ3v) is 5.66. The minimum Gasteiger partial charge on any atom is -0.493 e. The van der Waals surface area contributed by atoms with Crippen LogP contribution in [0.25, 0.3) is 22.7 Å². The molecule has 1 heterocycles. The molecule has 0 unspecified atom stereocenters. The third-order valence-electron chi connectivity index (χ3n) is 4.86. The summed E-state index contributed by atoms with van der Waals surface area (Å²) in [6.45, 7) is -0.294. The molecule has 3 aromatic carbocycles. The first-order valence-electron chi connectivity index (χ1n) is 10.2. The number of carbonyl (C=O) groups is 1. The van der Waals surface area contributed by atoms with E-state index in [-0.39, 0.29) is 12.2 Å². The van der Waals surface area contributed by atoms with Crippen molar-refractivity contribution in [1.82, 2.24) is 9.97 Å². The summed E-state index contributed by atoms with van der Waals surface area (Å²) in [5, 5.41) is 12.3. The number of allylic oxidation sites excluding steroid dienone is 1. The third kappa shape index (κ3) is 5.75. The number of hydrogen-bond acceptors (Lipinski definition) is 5. The van der Waals surface area contributed by atoms with E-state index >= 15 is 0 Å². The number of imidazole rings is 1. The van der Waals surface area contributed by atoms with Crippen LogP contribution in [0.5, 0.6) is 11.5 Å². The van der Waals surface area contributed by atoms with Crippen LogP contribution >= 0.6 is 22.6 Å². The zero-order chi connectivity index (χ0) is 24.9. The van der Waals surface area contributed by atoms with Gasteiger partial charge in [-0.3, -0.25) is 4.79 Å². The zero-order valence-electron chi connectivity index (χ0n) is 18.2. The van der Waals surface area contributed by atoms with E-state index in [4.69, 9.17) is 9.47 Å². The predicted octanol–water partition coefficient (Wildman–Crippen LogP) is 5.54. The Labute approximate surface area is 212 Å². The number of H-pyrrole nitrogens is 1. The summed E-state index contributed by atoms with van der Waals surface area (Å²) in [7, 11) is 1.46. The fourth-order valence-corrected chi connectivity index (χ4v) is 4.04. The maximum Gasteiger partial charge on any atom is 0.262 e. The molecule has 35 heavy (non-hydrogen) atoms. The molecular formula is C25H17F2IN4O3. The molecule has 0 bridgehead atoms. The molecule has 176 valence electrons. The molecule has 0 aliphatic rings. The van der Waals surface area contributed by atoms with E-state index in [9.17, 15) is 18.8 Å². The lowest BCUT2D eigenvalue weighted by Crippen LogP contribution is -2.20. The molecule has 0 spiro atoms. The Morgan fingerprint density at radius 2 is 1.91 bits per heavy atom. The van der Waals surface area contributed by atoms with Crippen LogP contribution in [0.15, 0.2) is 54.6 Å². The number of amides is 1. The largest absolute Gasteiger partial charge is 0.493 e. The van der Waals surface area contributed by atoms with Crippen molar-refractivity contribution in [3.8, 4) is 17.6 Å². The van der Waals surface area contributed by atoms with E-state index in [0.717, 1.165) is 0 Å². The predicted molar refractivity (Wildman–Crippen MR) is 136 cm³/mol. The second-order valence-corrected chi connectivity index (χ2v) is 8.46. The highest BCUT2D eigenvalue weighted by Crippen LogP contribution is 2.35. The van der Waals surface area contributed by atoms with Gasteiger partial charge in [0.2, 0.25) is 0 Å². The Kier molecular flexibility index (Phi) is 7.26. The van der Waals surface area contributed by atoms with Gasteiger partial charge in [0.05, 0.1) is 27.3 Å². The number of methoxy groups -OCH3 is 1. The second-order valence-electron chi connectivity index (χ2n) is 7.29. The van der Waals surface area contributed by atoms with Gasteiger partial charge in [0.25, 0.3) is 5.91 Å². The first-order chi connectivity index (χ1) is 16.9. The number of nitrogens with zero attached hydrogens (tertiary/aromatic N) is 2. The minimum absolute atomic E-state index is 0.242. The first kappa shape index (κ1) is 24.2. The highest BCUT2D eigenvalue weighted by Gasteiger charge is 2.15. The molecule has 2 N–H and O–H groups in total. The Morgan fingerprint density at radius 1 is 1.17 bits per heavy atom. The number of aromatic nitrogens is 2. The number of hydrogen-bond donors (Lipinski definition) is 2. The lowest BCUT2D eigenvalue weighted by Gasteiger charge is -2.14. The average molecular weight is 586 g/mol. The Balaban J connectivity index is 1.54. The van der Waals surface area contributed by atoms with Crippen molar-refractivity contribution in [3.63, 3.8) is 0 Å². The molecule has 0 saturated heterocycles. The van der Waals surface area contributed by atoms with Crippen molar-refractivity contribution in [3.05, 3.63) is 81.2 Å². The van der Waals surface area contributed by atoms with Crippen LogP contribution in [-0.4, -0.2) is 29.6 Å². The molecule has 0 aliphatic heterocycles. The smallest absolute Gasteiger partial charge is 0.262 e. The van der Waals surface area contributed by atoms with Crippen LogP contribution in [0.3, 0.4) is 0 Å². The number of nitrogens with one attached hydrogen (secondary N) is 2. The molecule has 7 nitrogen and oxygen atoms in total. The van der Waals surface area contributed by atoms with E-state index < -0.39 is 17.5 Å². The van der Waals surface area contributed by atoms with Crippen LogP contribution in [0, 0.1) is 26.5 Å². The van der Waals surface area contributed by atoms with Crippen LogP contribution in [0.4, 0.5) is 14.5 Å². The summed E-state index contributed by atoms with van der Waals surface area (Å²) < 4.78 is 38.3. The van der Waals surface area contributed by atoms with Gasteiger partial charge >= 0.3 is 0 Å². The van der Waals surface area contributed by atoms with Crippen LogP contribution in [-0.2, 0) is 4.79 Å². The number of aromatic amines is 1. The van der Waals surface area contributed by atoms with Crippen molar-refractivity contribution >= 4 is 56.9 Å². The SMILES string of the molecule is COc1cc(/C=C(/C#N)c2nc3ccc(F)cc3[nH]2)cc(I)c1OCC(=O)Nc1ccc(F)cc1. The molecule has 0 aliphatic carbocycles. The average Bonchev–Trinajstić information content (AvgIpc) is 3.26. The number of rotatable bonds is 7. The highest BCUT2D eigenvalue weighted by atomic mass is 127. The Morgan fingerprint density at radius 3 is 2.63 bits per heavy atom. The van der Waals surface area contributed by atoms with Gasteiger partial charge in [0, 0.05) is 5.69 Å². The molecule has 0 radical (unpaired) electrons. The van der Waals surface area contributed by atoms with Gasteiger partial charge in [-0.2, -0.15) is 5.26 Å². The van der Waals surface area contributed by atoms with Gasteiger partial charge in [-0.25, -0.2) is 13.8 Å². The number of anilines is 1. The van der Waals surface area contributed by atoms with Gasteiger partial charge in [0.15, 0.2) is 18.1 Å². The number of fused-ring (bicyclic) bond motifs is 1. The van der Waals surface area contributed by atoms with E-state index in [2.05, 4.69) is 21.4 Å². The number of benzene rings is 3. The highest BCUT2D eigenvalue weighted by molar-refractivity contribution is 14.1. The fraction of sp³-hybridized carbons (Fsp3) is 0.0800. The van der Waals surface area contributed by atoms with Crippen molar-refractivity contribution in [2.45, 2.75) is 0 Å². The van der Waals surface area contributed by atoms with Crippen LogP contribution in [0.2, 0.25) is 0 Å². The lowest BCUT2D eigenvalue weighted by molar-refractivity contribution is -0.118. The summed E-state index contributed by atoms with van der Waals surface area (Å²) in [6.07, 6.45) is 1.61. The summed E-state index contributed by atoms with van der Waals surface area (Å²) in [5.41, 5.74) is 2.34. The van der Waals surface area contributed by atoms with E-state index in [1.165, 1.54) is 49.6 Å². The maximum absolute atomic E-state index is 13.5. The Hall–Kier alpha value is -3.98. The summed E-state index contributed by atoms with van der Waals surface area (Å²) in [5.74, 6) is -0.205. The van der Waals surface area contributed by atoms with Gasteiger partial charge in [0.1, 0.15) is 23.5 Å². The summed E-state index contributed by atoms with van der Waals surface area (Å²) in [4.78, 5) is 19.5. The number of ether oxygens (including phenoxy) is 2. The van der Waals surface area contributed by atoms with Gasteiger partial charge in [-0.05, 0) is 88.8 Å². The molecule has 4 aromatic rings. The number of halogens is 3. The molecular weight excluding hydrogens is 569 g/mol. The molecule has 4 rings (SSSR count). The zero-order valence-corrected chi connectivity index (χ0v) is 20.4. The van der Waals surface area contributed by atoms with Crippen molar-refractivity contribution in [2.75, 3.05) is 19.0 Å². The normalized spacial score (nSPS) is 11.2. The van der Waals surface area contributed by atoms with Gasteiger partial charge in [-0.15, -0.1) is 0 Å². The monoisotopic (exact) mass is 586 g/mol. The number of nitriles is 1. The van der Waals surface area contributed by atoms with Gasteiger partial charge in [-0.1, -0.05) is 0 Å². The second kappa shape index (κ2) is 10.5. The van der Waals surface area contributed by atoms with Crippen molar-refractivity contribution in [1.29, 1.82) is 5.26 Å². The molecule has 0 fully saturated rings. The lowest BCUT2D eigenvalue weighted by atomic mass is 10.1. The molecule has 1 amide bonds. The quantitative estimate of drug-likeness (QED) is 0.219. The fourth-order valence-electron chi connectivity index (χ4n) is 3.26. The minimum atomic E-state index is -0.425. The topological polar surface area (TPSA) is 100 Å². The van der Waals surface area contributed by atoms with Crippen molar-refractivity contribution in [2.24, 2.45) is 0 Å². The summed E-state index contributed by atoms with van der Waals surface area (Å²) in [6, 6.07) is 15.1. The van der Waals surface area contributed by atoms with Crippen molar-refractivity contribution < 1.29 is 23.0 Å². The first-order valence-corrected chi connectivity index (χ1v) is 11.3. The van der Waals surface area contributed by atoms with Crippen LogP contribution in [0.1, 0.15) is 11.4 Å². The molecule has 0 saturated carbocycles. The molecule has 0 atom stereocenters. The Bertz CT molecular complexity index is 1480. The van der Waals surface area contributed by atoms with Crippen LogP contribution < -0.4 is 14.8 Å². The molecule has 1 aromatic heterocycles. The number of carbonyl (C=O) groups excluding carboxylic acids is 1. The van der Waals surface area contributed by atoms with Gasteiger partial charge < -0.3 is 19.8 Å². The maximum atomic E-state index is 13.5. The summed E-state index contributed by atoms with van der Waals surface area (Å²) >= 11 is 2.04. The molecule has 10 heteroatoms. The van der Waals surface area contributed by atoms with E-state index in [1.54, 1.807) is 18.2 Å². The van der Waals surface area contributed by atoms with E-state index in [0.29, 0.717) is 43.2 Å².